The van der Waals surface area contributed by atoms with E-state index in [0.29, 0.717) is 48.0 Å². The van der Waals surface area contributed by atoms with Crippen LogP contribution >= 0.6 is 0 Å². The van der Waals surface area contributed by atoms with Gasteiger partial charge in [-0.15, -0.1) is 0 Å². The Hall–Kier alpha value is -0.0810. The van der Waals surface area contributed by atoms with Crippen molar-refractivity contribution < 1.29 is 0 Å². The molecule has 0 heterocycles. The van der Waals surface area contributed by atoms with Crippen LogP contribution in [-0.4, -0.2) is 76.3 Å². The van der Waals surface area contributed by atoms with E-state index in [1.165, 1.54) is 0 Å². The second-order valence-electron chi connectivity index (χ2n) is 6.42. The van der Waals surface area contributed by atoms with Gasteiger partial charge < -0.3 is 0 Å². The normalized spacial score (nSPS) is 26.7. The third-order valence-electron chi connectivity index (χ3n) is 4.58. The summed E-state index contributed by atoms with van der Waals surface area (Å²) in [5, 5.41) is 0. The van der Waals surface area contributed by atoms with Gasteiger partial charge in [0.2, 0.25) is 0 Å². The van der Waals surface area contributed by atoms with Crippen molar-refractivity contribution in [1.29, 1.82) is 0 Å². The maximum atomic E-state index is 2.43. The molecular weight excluding hydrogens is 402 g/mol. The Bertz CT molecular complexity index is 457. The predicted octanol–water partition coefficient (Wildman–Crippen LogP) is 2.78. The molecule has 0 aromatic carbocycles. The molecule has 0 aromatic rings. The fourth-order valence-electron chi connectivity index (χ4n) is 2.59. The molecule has 2 rings (SSSR count). The van der Waals surface area contributed by atoms with Gasteiger partial charge in [-0.25, -0.2) is 0 Å². The first kappa shape index (κ1) is 18.3. The summed E-state index contributed by atoms with van der Waals surface area (Å²) in [7, 11) is 8.72. The van der Waals surface area contributed by atoms with Crippen LogP contribution < -0.4 is 0 Å². The third-order valence-corrected chi connectivity index (χ3v) is 13.2. The number of allylic oxidation sites excluding steroid dienone is 6. The van der Waals surface area contributed by atoms with Gasteiger partial charge in [-0.1, -0.05) is 0 Å². The fraction of sp³-hybridized carbons (Fsp3) is 0.556. The molecule has 0 spiro atoms. The van der Waals surface area contributed by atoms with E-state index in [0.717, 1.165) is 0 Å². The fourth-order valence-corrected chi connectivity index (χ4v) is 11.8. The van der Waals surface area contributed by atoms with Crippen molar-refractivity contribution in [2.45, 2.75) is 35.6 Å². The molecule has 0 fully saturated rings. The first-order valence-electron chi connectivity index (χ1n) is 7.83. The summed E-state index contributed by atoms with van der Waals surface area (Å²) in [4.78, 5) is 6.05. The van der Waals surface area contributed by atoms with E-state index < -0.39 is 0 Å². The molecule has 4 heteroatoms. The molecule has 0 amide bonds. The summed E-state index contributed by atoms with van der Waals surface area (Å²) in [6.45, 7) is 4.65. The summed E-state index contributed by atoms with van der Waals surface area (Å²) in [5.74, 6) is 0. The summed E-state index contributed by atoms with van der Waals surface area (Å²) in [6, 6.07) is 1.10. The van der Waals surface area contributed by atoms with Crippen LogP contribution in [0.25, 0.3) is 0 Å². The molecule has 4 atom stereocenters. The Balaban J connectivity index is 1.93. The molecule has 2 nitrogen and oxygen atoms in total. The topological polar surface area (TPSA) is 6.48 Å². The zero-order chi connectivity index (χ0) is 16.3. The van der Waals surface area contributed by atoms with Crippen LogP contribution in [0.4, 0.5) is 0 Å². The number of rotatable bonds is 7. The number of hydrogen-bond acceptors (Lipinski definition) is 2. The molecule has 0 unspecified atom stereocenters. The number of likely N-dealkylation sites (N-methyl/N-ethyl adjacent to an activating group) is 2. The van der Waals surface area contributed by atoms with E-state index >= 15 is 0 Å². The van der Waals surface area contributed by atoms with Crippen LogP contribution in [0.1, 0.15) is 13.8 Å². The zero-order valence-corrected chi connectivity index (χ0v) is 17.9. The summed E-state index contributed by atoms with van der Waals surface area (Å²) in [5.41, 5.74) is 3.22. The second-order valence-corrected chi connectivity index (χ2v) is 13.6. The maximum absolute atomic E-state index is 2.43. The van der Waals surface area contributed by atoms with Crippen LogP contribution in [0.5, 0.6) is 0 Å². The van der Waals surface area contributed by atoms with Crippen molar-refractivity contribution >= 4 is 26.3 Å². The van der Waals surface area contributed by atoms with Crippen molar-refractivity contribution in [3.63, 3.8) is 0 Å². The Morgan fingerprint density at radius 3 is 1.45 bits per heavy atom. The number of nitrogens with zero attached hydrogens (tertiary/aromatic N) is 2. The molecule has 2 aliphatic carbocycles. The van der Waals surface area contributed by atoms with Gasteiger partial charge in [-0.05, 0) is 0 Å². The molecule has 0 saturated heterocycles. The molecule has 0 saturated carbocycles. The quantitative estimate of drug-likeness (QED) is 0.574. The third kappa shape index (κ3) is 4.26. The van der Waals surface area contributed by atoms with Crippen LogP contribution in [0, 0.1) is 0 Å². The van der Waals surface area contributed by atoms with Gasteiger partial charge in [0.1, 0.15) is 0 Å². The van der Waals surface area contributed by atoms with Crippen molar-refractivity contribution in [2.24, 2.45) is 0 Å². The molecule has 22 heavy (non-hydrogen) atoms. The summed E-state index contributed by atoms with van der Waals surface area (Å²) < 4.78 is 0. The van der Waals surface area contributed by atoms with Crippen molar-refractivity contribution in [3.8, 4) is 0 Å². The van der Waals surface area contributed by atoms with Gasteiger partial charge in [0.15, 0.2) is 0 Å². The summed E-state index contributed by atoms with van der Waals surface area (Å²) in [6.07, 6.45) is 14.1. The molecule has 0 radical (unpaired) electrons. The van der Waals surface area contributed by atoms with Gasteiger partial charge in [-0.2, -0.15) is 0 Å². The molecule has 2 aliphatic rings. The minimum atomic E-state index is 0.549. The van der Waals surface area contributed by atoms with E-state index in [1.807, 2.05) is 0 Å². The Labute approximate surface area is 147 Å². The van der Waals surface area contributed by atoms with Gasteiger partial charge in [0.25, 0.3) is 0 Å². The molecule has 122 valence electrons. The summed E-state index contributed by atoms with van der Waals surface area (Å²) >= 11 is 1.36. The van der Waals surface area contributed by atoms with E-state index in [1.54, 1.807) is 11.1 Å². The molecule has 0 N–H and O–H groups in total. The van der Waals surface area contributed by atoms with Crippen LogP contribution in [0.15, 0.2) is 47.6 Å². The van der Waals surface area contributed by atoms with Gasteiger partial charge in [-0.3, -0.25) is 0 Å². The van der Waals surface area contributed by atoms with Crippen molar-refractivity contribution in [3.05, 3.63) is 47.6 Å². The predicted molar refractivity (Wildman–Crippen MR) is 99.8 cm³/mol. The molecular formula is C18H28N2Se2. The minimum absolute atomic E-state index is 0.549. The molecule has 0 aromatic heterocycles. The average molecular weight is 430 g/mol. The average Bonchev–Trinajstić information content (AvgIpc) is 3.11. The second kappa shape index (κ2) is 8.15. The molecule has 0 bridgehead atoms. The molecule has 0 aliphatic heterocycles. The number of hydrogen-bond donors (Lipinski definition) is 0. The Morgan fingerprint density at radius 2 is 1.14 bits per heavy atom. The first-order chi connectivity index (χ1) is 10.4. The monoisotopic (exact) mass is 432 g/mol. The van der Waals surface area contributed by atoms with Crippen LogP contribution in [0.2, 0.25) is 9.63 Å². The first-order valence-corrected chi connectivity index (χ1v) is 14.1. The zero-order valence-electron chi connectivity index (χ0n) is 14.5. The van der Waals surface area contributed by atoms with E-state index in [4.69, 9.17) is 0 Å². The van der Waals surface area contributed by atoms with E-state index in [-0.39, 0.29) is 0 Å². The van der Waals surface area contributed by atoms with Crippen LogP contribution in [-0.2, 0) is 0 Å². The van der Waals surface area contributed by atoms with Crippen molar-refractivity contribution in [2.75, 3.05) is 28.2 Å². The Morgan fingerprint density at radius 1 is 0.773 bits per heavy atom. The van der Waals surface area contributed by atoms with Gasteiger partial charge >= 0.3 is 147 Å². The van der Waals surface area contributed by atoms with E-state index in [9.17, 15) is 0 Å². The standard InChI is InChI=1S/C18H28N2Se2/c1-13(19(3)4)15-9-7-11-17(15)21-22-18-12-8-10-16(18)14(2)20(5)6/h7-14,17-18H,1-6H3/t13-,14-,17+,18+/m1/s1. The van der Waals surface area contributed by atoms with Gasteiger partial charge in [0.05, 0.1) is 0 Å². The Kier molecular flexibility index (Phi) is 6.76. The van der Waals surface area contributed by atoms with Crippen LogP contribution in [0.3, 0.4) is 0 Å². The van der Waals surface area contributed by atoms with Crippen molar-refractivity contribution in [1.82, 2.24) is 9.80 Å². The van der Waals surface area contributed by atoms with Gasteiger partial charge in [0, 0.05) is 0 Å². The van der Waals surface area contributed by atoms with E-state index in [2.05, 4.69) is 88.3 Å². The SMILES string of the molecule is C[C@H](C1=CC=C[C@@H]1[Se][Se][C@H]1C=CC=C1[C@@H](C)N(C)C)N(C)C.